The molecule has 2 heteroatoms. The molecule has 0 amide bonds. The van der Waals surface area contributed by atoms with Crippen molar-refractivity contribution in [3.63, 3.8) is 0 Å². The number of hydrogen-bond donors (Lipinski definition) is 1. The fraction of sp³-hybridized carbons (Fsp3) is 0.133. The van der Waals surface area contributed by atoms with Crippen molar-refractivity contribution < 1.29 is 5.11 Å². The van der Waals surface area contributed by atoms with E-state index in [1.807, 2.05) is 26.0 Å². The van der Waals surface area contributed by atoms with E-state index in [1.54, 1.807) is 24.4 Å². The molecule has 0 aliphatic carbocycles. The second kappa shape index (κ2) is 9.16. The standard InChI is InChI=1S/C15H19NO/c1-5-9-14(10-6-2)16-12-13(8-4)15(17)11-7-3/h5-12,17H,1,3H2,2,4H3/b10-6-,13-8-,14-9+,15-11+,16-12-. The van der Waals surface area contributed by atoms with Crippen LogP contribution in [-0.2, 0) is 0 Å². The maximum Gasteiger partial charge on any atom is 0.123 e. The van der Waals surface area contributed by atoms with Gasteiger partial charge in [-0.2, -0.15) is 0 Å². The smallest absolute Gasteiger partial charge is 0.123 e. The topological polar surface area (TPSA) is 32.6 Å². The molecule has 2 nitrogen and oxygen atoms in total. The highest BCUT2D eigenvalue weighted by atomic mass is 16.3. The molecule has 0 unspecified atom stereocenters. The Hall–Kier alpha value is -2.09. The Kier molecular flexibility index (Phi) is 8.03. The Morgan fingerprint density at radius 3 is 2.24 bits per heavy atom. The van der Waals surface area contributed by atoms with Crippen molar-refractivity contribution in [2.24, 2.45) is 4.99 Å². The van der Waals surface area contributed by atoms with Gasteiger partial charge in [-0.25, -0.2) is 0 Å². The average molecular weight is 229 g/mol. The molecule has 0 aromatic rings. The summed E-state index contributed by atoms with van der Waals surface area (Å²) < 4.78 is 0. The number of rotatable bonds is 6. The van der Waals surface area contributed by atoms with Gasteiger partial charge in [0.15, 0.2) is 0 Å². The Labute approximate surface area is 103 Å². The third-order valence-electron chi connectivity index (χ3n) is 1.86. The van der Waals surface area contributed by atoms with E-state index in [4.69, 9.17) is 0 Å². The zero-order chi connectivity index (χ0) is 13.1. The number of hydrogen-bond acceptors (Lipinski definition) is 2. The highest BCUT2D eigenvalue weighted by molar-refractivity contribution is 5.84. The maximum atomic E-state index is 9.65. The molecular weight excluding hydrogens is 210 g/mol. The van der Waals surface area contributed by atoms with E-state index < -0.39 is 0 Å². The van der Waals surface area contributed by atoms with Gasteiger partial charge in [0, 0.05) is 11.8 Å². The van der Waals surface area contributed by atoms with Crippen LogP contribution < -0.4 is 0 Å². The van der Waals surface area contributed by atoms with Gasteiger partial charge in [0.05, 0.1) is 5.70 Å². The number of aliphatic imine (C=N–C) groups is 1. The normalized spacial score (nSPS) is 14.6. The van der Waals surface area contributed by atoms with Gasteiger partial charge in [-0.05, 0) is 32.1 Å². The second-order valence-corrected chi connectivity index (χ2v) is 3.12. The van der Waals surface area contributed by atoms with Crippen molar-refractivity contribution >= 4 is 6.21 Å². The minimum atomic E-state index is 0.143. The first-order chi connectivity index (χ1) is 8.19. The molecule has 0 aromatic carbocycles. The summed E-state index contributed by atoms with van der Waals surface area (Å²) in [5.74, 6) is 0.143. The van der Waals surface area contributed by atoms with Gasteiger partial charge in [0.2, 0.25) is 0 Å². The predicted molar refractivity (Wildman–Crippen MR) is 76.3 cm³/mol. The molecule has 0 heterocycles. The van der Waals surface area contributed by atoms with Crippen molar-refractivity contribution in [1.29, 1.82) is 0 Å². The van der Waals surface area contributed by atoms with Crippen LogP contribution >= 0.6 is 0 Å². The van der Waals surface area contributed by atoms with Crippen molar-refractivity contribution in [2.45, 2.75) is 13.8 Å². The molecule has 0 saturated heterocycles. The fourth-order valence-electron chi connectivity index (χ4n) is 1.07. The number of aliphatic hydroxyl groups excluding tert-OH is 1. The molecule has 1 N–H and O–H groups in total. The molecule has 0 atom stereocenters. The Morgan fingerprint density at radius 1 is 1.12 bits per heavy atom. The third-order valence-corrected chi connectivity index (χ3v) is 1.86. The highest BCUT2D eigenvalue weighted by Crippen LogP contribution is 2.06. The molecule has 0 spiro atoms. The SMILES string of the molecule is C=C/C=C(\C=C/C)/N=C\C(=C\C)C(\O)=C/C=C. The average Bonchev–Trinajstić information content (AvgIpc) is 2.30. The summed E-state index contributed by atoms with van der Waals surface area (Å²) in [4.78, 5) is 4.25. The highest BCUT2D eigenvalue weighted by Gasteiger charge is 1.97. The molecule has 0 rings (SSSR count). The van der Waals surface area contributed by atoms with Gasteiger partial charge in [-0.1, -0.05) is 37.5 Å². The van der Waals surface area contributed by atoms with Crippen molar-refractivity contribution in [3.05, 3.63) is 72.7 Å². The van der Waals surface area contributed by atoms with Crippen molar-refractivity contribution in [1.82, 2.24) is 0 Å². The van der Waals surface area contributed by atoms with Gasteiger partial charge in [-0.15, -0.1) is 0 Å². The predicted octanol–water partition coefficient (Wildman–Crippen LogP) is 4.28. The van der Waals surface area contributed by atoms with Gasteiger partial charge in [0.1, 0.15) is 5.76 Å². The lowest BCUT2D eigenvalue weighted by molar-refractivity contribution is 0.428. The van der Waals surface area contributed by atoms with E-state index in [2.05, 4.69) is 18.2 Å². The Morgan fingerprint density at radius 2 is 1.76 bits per heavy atom. The van der Waals surface area contributed by atoms with Crippen molar-refractivity contribution in [2.75, 3.05) is 0 Å². The van der Waals surface area contributed by atoms with Gasteiger partial charge >= 0.3 is 0 Å². The minimum Gasteiger partial charge on any atom is -0.507 e. The van der Waals surface area contributed by atoms with Gasteiger partial charge in [-0.3, -0.25) is 4.99 Å². The summed E-state index contributed by atoms with van der Waals surface area (Å²) in [5, 5.41) is 9.65. The second-order valence-electron chi connectivity index (χ2n) is 3.12. The summed E-state index contributed by atoms with van der Waals surface area (Å²) in [6.45, 7) is 10.9. The van der Waals surface area contributed by atoms with Crippen LogP contribution in [0, 0.1) is 0 Å². The van der Waals surface area contributed by atoms with Crippen LogP contribution in [0.2, 0.25) is 0 Å². The molecule has 0 saturated carbocycles. The summed E-state index contributed by atoms with van der Waals surface area (Å²) in [7, 11) is 0. The van der Waals surface area contributed by atoms with Gasteiger partial charge in [0.25, 0.3) is 0 Å². The molecule has 90 valence electrons. The van der Waals surface area contributed by atoms with E-state index >= 15 is 0 Å². The summed E-state index contributed by atoms with van der Waals surface area (Å²) in [6, 6.07) is 0. The molecule has 0 aromatic heterocycles. The molecular formula is C15H19NO. The Bertz CT molecular complexity index is 407. The zero-order valence-electron chi connectivity index (χ0n) is 10.4. The first-order valence-electron chi connectivity index (χ1n) is 5.37. The van der Waals surface area contributed by atoms with E-state index in [1.165, 1.54) is 12.2 Å². The van der Waals surface area contributed by atoms with Gasteiger partial charge < -0.3 is 5.11 Å². The van der Waals surface area contributed by atoms with Crippen LogP contribution in [0.1, 0.15) is 13.8 Å². The first-order valence-corrected chi connectivity index (χ1v) is 5.37. The van der Waals surface area contributed by atoms with E-state index in [-0.39, 0.29) is 5.76 Å². The zero-order valence-corrected chi connectivity index (χ0v) is 10.4. The Balaban J connectivity index is 5.02. The lowest BCUT2D eigenvalue weighted by Crippen LogP contribution is -1.90. The van der Waals surface area contributed by atoms with E-state index in [9.17, 15) is 5.11 Å². The monoisotopic (exact) mass is 229 g/mol. The molecule has 0 radical (unpaired) electrons. The van der Waals surface area contributed by atoms with Crippen LogP contribution in [0.4, 0.5) is 0 Å². The molecule has 17 heavy (non-hydrogen) atoms. The lowest BCUT2D eigenvalue weighted by Gasteiger charge is -1.99. The maximum absolute atomic E-state index is 9.65. The minimum absolute atomic E-state index is 0.143. The summed E-state index contributed by atoms with van der Waals surface area (Å²) in [6.07, 6.45) is 13.6. The van der Waals surface area contributed by atoms with Crippen LogP contribution in [0.15, 0.2) is 77.7 Å². The van der Waals surface area contributed by atoms with Crippen LogP contribution in [-0.4, -0.2) is 11.3 Å². The van der Waals surface area contributed by atoms with E-state index in [0.717, 1.165) is 5.70 Å². The fourth-order valence-corrected chi connectivity index (χ4v) is 1.07. The van der Waals surface area contributed by atoms with Crippen molar-refractivity contribution in [3.8, 4) is 0 Å². The van der Waals surface area contributed by atoms with Crippen LogP contribution in [0.3, 0.4) is 0 Å². The third kappa shape index (κ3) is 6.15. The number of nitrogens with zero attached hydrogens (tertiary/aromatic N) is 1. The van der Waals surface area contributed by atoms with Crippen LogP contribution in [0.5, 0.6) is 0 Å². The first kappa shape index (κ1) is 14.9. The molecule has 0 fully saturated rings. The largest absolute Gasteiger partial charge is 0.507 e. The molecule has 0 aliphatic heterocycles. The summed E-state index contributed by atoms with van der Waals surface area (Å²) >= 11 is 0. The summed E-state index contributed by atoms with van der Waals surface area (Å²) in [5.41, 5.74) is 1.41. The lowest BCUT2D eigenvalue weighted by atomic mass is 10.2. The molecule has 0 aliphatic rings. The number of allylic oxidation sites excluding steroid dienone is 8. The molecule has 0 bridgehead atoms. The van der Waals surface area contributed by atoms with E-state index in [0.29, 0.717) is 5.57 Å². The number of aliphatic hydroxyl groups is 1. The van der Waals surface area contributed by atoms with Crippen LogP contribution in [0.25, 0.3) is 0 Å². The quantitative estimate of drug-likeness (QED) is 0.411.